The lowest BCUT2D eigenvalue weighted by molar-refractivity contribution is -0.124. The highest BCUT2D eigenvalue weighted by atomic mass is 16.3. The molecule has 0 rings (SSSR count). The third-order valence-electron chi connectivity index (χ3n) is 1.92. The fourth-order valence-electron chi connectivity index (χ4n) is 0.789. The number of nitrogens with one attached hydrogen (secondary N) is 1. The van der Waals surface area contributed by atoms with E-state index in [0.29, 0.717) is 0 Å². The minimum atomic E-state index is -0.659. The van der Waals surface area contributed by atoms with E-state index >= 15 is 0 Å². The van der Waals surface area contributed by atoms with E-state index in [-0.39, 0.29) is 24.5 Å². The lowest BCUT2D eigenvalue weighted by Gasteiger charge is -2.20. The Morgan fingerprint density at radius 1 is 1.54 bits per heavy atom. The van der Waals surface area contributed by atoms with E-state index < -0.39 is 5.92 Å². The van der Waals surface area contributed by atoms with Gasteiger partial charge in [-0.2, -0.15) is 5.26 Å². The summed E-state index contributed by atoms with van der Waals surface area (Å²) >= 11 is 0. The van der Waals surface area contributed by atoms with Crippen LogP contribution in [0.15, 0.2) is 0 Å². The molecular weight excluding hydrogens is 168 g/mol. The van der Waals surface area contributed by atoms with Crippen molar-refractivity contribution in [3.8, 4) is 6.07 Å². The number of hydrogen-bond donors (Lipinski definition) is 2. The van der Waals surface area contributed by atoms with E-state index in [2.05, 4.69) is 5.32 Å². The highest BCUT2D eigenvalue weighted by molar-refractivity contribution is 5.80. The molecule has 4 heteroatoms. The van der Waals surface area contributed by atoms with Crippen molar-refractivity contribution >= 4 is 5.91 Å². The highest BCUT2D eigenvalue weighted by Gasteiger charge is 2.18. The number of nitriles is 1. The quantitative estimate of drug-likeness (QED) is 0.659. The topological polar surface area (TPSA) is 73.1 Å². The first-order chi connectivity index (χ1) is 6.02. The van der Waals surface area contributed by atoms with Crippen LogP contribution in [-0.2, 0) is 4.79 Å². The maximum atomic E-state index is 11.2. The maximum absolute atomic E-state index is 11.2. The highest BCUT2D eigenvalue weighted by Crippen LogP contribution is 2.02. The molecule has 0 saturated carbocycles. The SMILES string of the molecule is CC(C#N)C(=O)N[C@H](CO)C(C)C. The molecule has 13 heavy (non-hydrogen) atoms. The summed E-state index contributed by atoms with van der Waals surface area (Å²) in [7, 11) is 0. The zero-order valence-corrected chi connectivity index (χ0v) is 8.24. The molecule has 0 heterocycles. The monoisotopic (exact) mass is 184 g/mol. The second-order valence-corrected chi connectivity index (χ2v) is 3.39. The smallest absolute Gasteiger partial charge is 0.237 e. The van der Waals surface area contributed by atoms with Crippen LogP contribution in [0.3, 0.4) is 0 Å². The van der Waals surface area contributed by atoms with Crippen LogP contribution >= 0.6 is 0 Å². The van der Waals surface area contributed by atoms with E-state index in [1.807, 2.05) is 19.9 Å². The van der Waals surface area contributed by atoms with Gasteiger partial charge in [-0.3, -0.25) is 4.79 Å². The van der Waals surface area contributed by atoms with Gasteiger partial charge in [-0.1, -0.05) is 13.8 Å². The number of carbonyl (C=O) groups excluding carboxylic acids is 1. The lowest BCUT2D eigenvalue weighted by Crippen LogP contribution is -2.43. The van der Waals surface area contributed by atoms with Crippen LogP contribution in [0, 0.1) is 23.2 Å². The van der Waals surface area contributed by atoms with Crippen molar-refractivity contribution < 1.29 is 9.90 Å². The molecule has 0 aromatic heterocycles. The molecule has 1 unspecified atom stereocenters. The van der Waals surface area contributed by atoms with Crippen LogP contribution in [0.4, 0.5) is 0 Å². The van der Waals surface area contributed by atoms with Crippen LogP contribution in [0.2, 0.25) is 0 Å². The fourth-order valence-corrected chi connectivity index (χ4v) is 0.789. The largest absolute Gasteiger partial charge is 0.394 e. The standard InChI is InChI=1S/C9H16N2O2/c1-6(2)8(5-12)11-9(13)7(3)4-10/h6-8,12H,5H2,1-3H3,(H,11,13)/t7?,8-/m1/s1. The number of rotatable bonds is 4. The van der Waals surface area contributed by atoms with Crippen LogP contribution in [0.1, 0.15) is 20.8 Å². The molecule has 0 aliphatic carbocycles. The van der Waals surface area contributed by atoms with Gasteiger partial charge in [0.1, 0.15) is 5.92 Å². The van der Waals surface area contributed by atoms with Gasteiger partial charge in [-0.05, 0) is 12.8 Å². The molecule has 0 saturated heterocycles. The van der Waals surface area contributed by atoms with Crippen molar-refractivity contribution in [3.63, 3.8) is 0 Å². The average Bonchev–Trinajstić information content (AvgIpc) is 2.11. The van der Waals surface area contributed by atoms with Crippen molar-refractivity contribution in [1.82, 2.24) is 5.32 Å². The molecular formula is C9H16N2O2. The van der Waals surface area contributed by atoms with Crippen molar-refractivity contribution in [1.29, 1.82) is 5.26 Å². The number of carbonyl (C=O) groups is 1. The van der Waals surface area contributed by atoms with Gasteiger partial charge in [0.05, 0.1) is 18.7 Å². The van der Waals surface area contributed by atoms with Crippen molar-refractivity contribution in [2.24, 2.45) is 11.8 Å². The number of amides is 1. The zero-order chi connectivity index (χ0) is 10.4. The maximum Gasteiger partial charge on any atom is 0.237 e. The third-order valence-corrected chi connectivity index (χ3v) is 1.92. The predicted molar refractivity (Wildman–Crippen MR) is 48.6 cm³/mol. The van der Waals surface area contributed by atoms with E-state index in [1.54, 1.807) is 0 Å². The summed E-state index contributed by atoms with van der Waals surface area (Å²) in [5.74, 6) is -0.817. The normalized spacial score (nSPS) is 14.8. The summed E-state index contributed by atoms with van der Waals surface area (Å²) in [5.41, 5.74) is 0. The summed E-state index contributed by atoms with van der Waals surface area (Å²) in [6.07, 6.45) is 0. The zero-order valence-electron chi connectivity index (χ0n) is 8.24. The van der Waals surface area contributed by atoms with Gasteiger partial charge >= 0.3 is 0 Å². The molecule has 1 amide bonds. The Labute approximate surface area is 78.6 Å². The van der Waals surface area contributed by atoms with Crippen LogP contribution in [0.5, 0.6) is 0 Å². The van der Waals surface area contributed by atoms with Crippen molar-refractivity contribution in [2.45, 2.75) is 26.8 Å². The Kier molecular flexibility index (Phi) is 5.09. The van der Waals surface area contributed by atoms with Gasteiger partial charge in [0, 0.05) is 0 Å². The molecule has 0 spiro atoms. The first-order valence-electron chi connectivity index (χ1n) is 4.33. The van der Waals surface area contributed by atoms with Crippen LogP contribution in [-0.4, -0.2) is 23.7 Å². The Balaban J connectivity index is 4.11. The molecule has 4 nitrogen and oxygen atoms in total. The Bertz CT molecular complexity index is 208. The molecule has 2 N–H and O–H groups in total. The molecule has 0 radical (unpaired) electrons. The summed E-state index contributed by atoms with van der Waals surface area (Å²) in [4.78, 5) is 11.2. The first kappa shape index (κ1) is 11.9. The molecule has 0 bridgehead atoms. The summed E-state index contributed by atoms with van der Waals surface area (Å²) in [6.45, 7) is 5.24. The van der Waals surface area contributed by atoms with Gasteiger partial charge in [0.2, 0.25) is 5.91 Å². The number of aliphatic hydroxyl groups excluding tert-OH is 1. The molecule has 0 aromatic carbocycles. The number of hydrogen-bond acceptors (Lipinski definition) is 3. The van der Waals surface area contributed by atoms with Crippen LogP contribution < -0.4 is 5.32 Å². The Morgan fingerprint density at radius 2 is 2.08 bits per heavy atom. The molecule has 0 aliphatic heterocycles. The average molecular weight is 184 g/mol. The summed E-state index contributed by atoms with van der Waals surface area (Å²) < 4.78 is 0. The molecule has 0 aromatic rings. The predicted octanol–water partition coefficient (Wildman–Crippen LogP) is 0.279. The third kappa shape index (κ3) is 3.90. The van der Waals surface area contributed by atoms with Gasteiger partial charge in [0.25, 0.3) is 0 Å². The van der Waals surface area contributed by atoms with Crippen LogP contribution in [0.25, 0.3) is 0 Å². The molecule has 74 valence electrons. The minimum Gasteiger partial charge on any atom is -0.394 e. The Morgan fingerprint density at radius 3 is 2.38 bits per heavy atom. The first-order valence-corrected chi connectivity index (χ1v) is 4.33. The molecule has 2 atom stereocenters. The fraction of sp³-hybridized carbons (Fsp3) is 0.778. The minimum absolute atomic E-state index is 0.0957. The second kappa shape index (κ2) is 5.55. The van der Waals surface area contributed by atoms with Gasteiger partial charge in [-0.15, -0.1) is 0 Å². The van der Waals surface area contributed by atoms with Gasteiger partial charge in [0.15, 0.2) is 0 Å². The number of aliphatic hydroxyl groups is 1. The van der Waals surface area contributed by atoms with Gasteiger partial charge < -0.3 is 10.4 Å². The molecule has 0 aliphatic rings. The second-order valence-electron chi connectivity index (χ2n) is 3.39. The number of nitrogens with zero attached hydrogens (tertiary/aromatic N) is 1. The Hall–Kier alpha value is -1.08. The summed E-state index contributed by atoms with van der Waals surface area (Å²) in [6, 6.07) is 1.58. The van der Waals surface area contributed by atoms with E-state index in [1.165, 1.54) is 6.92 Å². The van der Waals surface area contributed by atoms with Crippen molar-refractivity contribution in [2.75, 3.05) is 6.61 Å². The van der Waals surface area contributed by atoms with Crippen molar-refractivity contribution in [3.05, 3.63) is 0 Å². The van der Waals surface area contributed by atoms with Gasteiger partial charge in [-0.25, -0.2) is 0 Å². The van der Waals surface area contributed by atoms with E-state index in [4.69, 9.17) is 10.4 Å². The lowest BCUT2D eigenvalue weighted by atomic mass is 10.0. The van der Waals surface area contributed by atoms with E-state index in [0.717, 1.165) is 0 Å². The summed E-state index contributed by atoms with van der Waals surface area (Å²) in [5, 5.41) is 20.0. The van der Waals surface area contributed by atoms with E-state index in [9.17, 15) is 4.79 Å². The molecule has 0 fully saturated rings.